The molecule has 0 bridgehead atoms. The lowest BCUT2D eigenvalue weighted by molar-refractivity contribution is 0.632. The van der Waals surface area contributed by atoms with Crippen molar-refractivity contribution in [2.75, 3.05) is 11.9 Å². The molecule has 0 aliphatic heterocycles. The third-order valence-electron chi connectivity index (χ3n) is 2.85. The monoisotopic (exact) mass is 431 g/mol. The average Bonchev–Trinajstić information content (AvgIpc) is 2.86. The van der Waals surface area contributed by atoms with Crippen LogP contribution < -0.4 is 5.32 Å². The molecule has 3 nitrogen and oxygen atoms in total. The molecule has 1 N–H and O–H groups in total. The lowest BCUT2D eigenvalue weighted by Crippen LogP contribution is -2.08. The average molecular weight is 433 g/mol. The van der Waals surface area contributed by atoms with Crippen molar-refractivity contribution in [1.29, 1.82) is 0 Å². The number of anilines is 1. The lowest BCUT2D eigenvalue weighted by Gasteiger charge is -2.13. The predicted octanol–water partition coefficient (Wildman–Crippen LogP) is 5.75. The number of aromatic nitrogens is 2. The van der Waals surface area contributed by atoms with E-state index in [0.717, 1.165) is 50.5 Å². The van der Waals surface area contributed by atoms with Gasteiger partial charge in [0.15, 0.2) is 5.82 Å². The molecule has 0 saturated carbocycles. The van der Waals surface area contributed by atoms with Crippen LogP contribution in [0, 0.1) is 5.92 Å². The van der Waals surface area contributed by atoms with Gasteiger partial charge < -0.3 is 5.32 Å². The Morgan fingerprint density at radius 3 is 2.62 bits per heavy atom. The van der Waals surface area contributed by atoms with Crippen LogP contribution in [0.3, 0.4) is 0 Å². The van der Waals surface area contributed by atoms with Crippen LogP contribution in [0.15, 0.2) is 20.4 Å². The maximum atomic E-state index is 4.76. The SMILES string of the molecule is CCCNc1nc(-c2cc(Br)cs2)nc(CC(C)C)c1Br. The van der Waals surface area contributed by atoms with Crippen LogP contribution in [0.1, 0.15) is 32.9 Å². The first kappa shape index (κ1) is 16.9. The molecule has 0 fully saturated rings. The van der Waals surface area contributed by atoms with Gasteiger partial charge in [-0.3, -0.25) is 0 Å². The first-order chi connectivity index (χ1) is 10.0. The van der Waals surface area contributed by atoms with Crippen LogP contribution in [-0.4, -0.2) is 16.5 Å². The summed E-state index contributed by atoms with van der Waals surface area (Å²) in [5, 5.41) is 5.45. The molecule has 114 valence electrons. The number of rotatable bonds is 6. The molecular formula is C15H19Br2N3S. The smallest absolute Gasteiger partial charge is 0.171 e. The van der Waals surface area contributed by atoms with E-state index in [9.17, 15) is 0 Å². The van der Waals surface area contributed by atoms with Gasteiger partial charge in [0, 0.05) is 16.4 Å². The summed E-state index contributed by atoms with van der Waals surface area (Å²) in [4.78, 5) is 10.5. The van der Waals surface area contributed by atoms with Gasteiger partial charge in [0.05, 0.1) is 15.0 Å². The van der Waals surface area contributed by atoms with Crippen molar-refractivity contribution in [2.24, 2.45) is 5.92 Å². The summed E-state index contributed by atoms with van der Waals surface area (Å²) >= 11 is 8.81. The second-order valence-electron chi connectivity index (χ2n) is 5.31. The Morgan fingerprint density at radius 2 is 2.05 bits per heavy atom. The summed E-state index contributed by atoms with van der Waals surface area (Å²) < 4.78 is 2.06. The number of hydrogen-bond acceptors (Lipinski definition) is 4. The zero-order valence-electron chi connectivity index (χ0n) is 12.4. The Balaban J connectivity index is 2.44. The van der Waals surface area contributed by atoms with Gasteiger partial charge in [0.2, 0.25) is 0 Å². The highest BCUT2D eigenvalue weighted by molar-refractivity contribution is 9.11. The summed E-state index contributed by atoms with van der Waals surface area (Å²) in [6.45, 7) is 7.46. The standard InChI is InChI=1S/C15H19Br2N3S/c1-4-5-18-15-13(17)11(6-9(2)3)19-14(20-15)12-7-10(16)8-21-12/h7-9H,4-6H2,1-3H3,(H,18,19,20). The Hall–Kier alpha value is -0.460. The molecule has 6 heteroatoms. The van der Waals surface area contributed by atoms with Crippen molar-refractivity contribution in [2.45, 2.75) is 33.6 Å². The first-order valence-electron chi connectivity index (χ1n) is 7.06. The van der Waals surface area contributed by atoms with E-state index in [-0.39, 0.29) is 0 Å². The molecule has 2 aromatic rings. The summed E-state index contributed by atoms with van der Waals surface area (Å²) in [7, 11) is 0. The topological polar surface area (TPSA) is 37.8 Å². The number of thiophene rings is 1. The third kappa shape index (κ3) is 4.50. The largest absolute Gasteiger partial charge is 0.369 e. The van der Waals surface area contributed by atoms with Crippen LogP contribution in [0.5, 0.6) is 0 Å². The summed E-state index contributed by atoms with van der Waals surface area (Å²) in [5.41, 5.74) is 1.07. The van der Waals surface area contributed by atoms with Gasteiger partial charge >= 0.3 is 0 Å². The van der Waals surface area contributed by atoms with E-state index in [0.29, 0.717) is 5.92 Å². The maximum Gasteiger partial charge on any atom is 0.171 e. The summed E-state index contributed by atoms with van der Waals surface area (Å²) in [6, 6.07) is 2.07. The van der Waals surface area contributed by atoms with Gasteiger partial charge in [0.25, 0.3) is 0 Å². The number of hydrogen-bond donors (Lipinski definition) is 1. The van der Waals surface area contributed by atoms with Gasteiger partial charge in [-0.2, -0.15) is 0 Å². The van der Waals surface area contributed by atoms with Crippen LogP contribution in [-0.2, 0) is 6.42 Å². The maximum absolute atomic E-state index is 4.76. The highest BCUT2D eigenvalue weighted by atomic mass is 79.9. The Labute approximate surface area is 146 Å². The van der Waals surface area contributed by atoms with Crippen LogP contribution in [0.4, 0.5) is 5.82 Å². The summed E-state index contributed by atoms with van der Waals surface area (Å²) in [6.07, 6.45) is 2.00. The molecule has 2 heterocycles. The van der Waals surface area contributed by atoms with Crippen LogP contribution in [0.2, 0.25) is 0 Å². The molecule has 0 spiro atoms. The number of nitrogens with zero attached hydrogens (tertiary/aromatic N) is 2. The van der Waals surface area contributed by atoms with Crippen molar-refractivity contribution in [3.63, 3.8) is 0 Å². The van der Waals surface area contributed by atoms with Crippen molar-refractivity contribution in [3.8, 4) is 10.7 Å². The molecule has 0 radical (unpaired) electrons. The molecule has 0 amide bonds. The Kier molecular flexibility index (Phi) is 6.20. The second kappa shape index (κ2) is 7.70. The third-order valence-corrected chi connectivity index (χ3v) is 5.37. The number of nitrogens with one attached hydrogen (secondary N) is 1. The fourth-order valence-electron chi connectivity index (χ4n) is 1.92. The lowest BCUT2D eigenvalue weighted by atomic mass is 10.1. The van der Waals surface area contributed by atoms with Crippen molar-refractivity contribution in [3.05, 3.63) is 26.1 Å². The molecule has 0 unspecified atom stereocenters. The molecule has 21 heavy (non-hydrogen) atoms. The zero-order valence-corrected chi connectivity index (χ0v) is 16.4. The van der Waals surface area contributed by atoms with E-state index in [1.807, 2.05) is 0 Å². The minimum Gasteiger partial charge on any atom is -0.369 e. The van der Waals surface area contributed by atoms with Crippen molar-refractivity contribution < 1.29 is 0 Å². The molecule has 0 aromatic carbocycles. The molecular weight excluding hydrogens is 414 g/mol. The minimum absolute atomic E-state index is 0.554. The first-order valence-corrected chi connectivity index (χ1v) is 9.52. The van der Waals surface area contributed by atoms with Crippen molar-refractivity contribution >= 4 is 49.0 Å². The van der Waals surface area contributed by atoms with Gasteiger partial charge in [-0.15, -0.1) is 11.3 Å². The van der Waals surface area contributed by atoms with E-state index in [4.69, 9.17) is 4.98 Å². The van der Waals surface area contributed by atoms with Crippen molar-refractivity contribution in [1.82, 2.24) is 9.97 Å². The molecule has 2 rings (SSSR count). The molecule has 0 aliphatic rings. The van der Waals surface area contributed by atoms with E-state index in [1.54, 1.807) is 11.3 Å². The zero-order chi connectivity index (χ0) is 15.4. The minimum atomic E-state index is 0.554. The fraction of sp³-hybridized carbons (Fsp3) is 0.467. The van der Waals surface area contributed by atoms with E-state index >= 15 is 0 Å². The molecule has 0 aliphatic carbocycles. The molecule has 0 atom stereocenters. The normalized spacial score (nSPS) is 11.1. The van der Waals surface area contributed by atoms with E-state index in [2.05, 4.69) is 74.4 Å². The quantitative estimate of drug-likeness (QED) is 0.631. The Morgan fingerprint density at radius 1 is 1.29 bits per heavy atom. The van der Waals surface area contributed by atoms with Gasteiger partial charge in [0.1, 0.15) is 5.82 Å². The Bertz CT molecular complexity index is 611. The van der Waals surface area contributed by atoms with E-state index in [1.165, 1.54) is 0 Å². The van der Waals surface area contributed by atoms with Crippen LogP contribution >= 0.6 is 43.2 Å². The highest BCUT2D eigenvalue weighted by Crippen LogP contribution is 2.32. The fourth-order valence-corrected chi connectivity index (χ4v) is 3.76. The molecule has 0 saturated heterocycles. The highest BCUT2D eigenvalue weighted by Gasteiger charge is 2.15. The predicted molar refractivity (Wildman–Crippen MR) is 98.1 cm³/mol. The van der Waals surface area contributed by atoms with Gasteiger partial charge in [-0.1, -0.05) is 20.8 Å². The van der Waals surface area contributed by atoms with Crippen LogP contribution in [0.25, 0.3) is 10.7 Å². The van der Waals surface area contributed by atoms with E-state index < -0.39 is 0 Å². The van der Waals surface area contributed by atoms with Gasteiger partial charge in [-0.25, -0.2) is 9.97 Å². The molecule has 2 aromatic heterocycles. The summed E-state index contributed by atoms with van der Waals surface area (Å²) in [5.74, 6) is 2.24. The number of halogens is 2. The second-order valence-corrected chi connectivity index (χ2v) is 7.93. The van der Waals surface area contributed by atoms with Gasteiger partial charge in [-0.05, 0) is 56.7 Å².